The Balaban J connectivity index is 1.75. The molecule has 0 radical (unpaired) electrons. The minimum Gasteiger partial charge on any atom is -0.385 e. The highest BCUT2D eigenvalue weighted by atomic mass is 19.4. The number of benzene rings is 3. The third kappa shape index (κ3) is 6.31. The molecule has 0 bridgehead atoms. The lowest BCUT2D eigenvalue weighted by Crippen LogP contribution is -2.25. The summed E-state index contributed by atoms with van der Waals surface area (Å²) in [4.78, 5) is 4.40. The number of hydrazine groups is 1. The van der Waals surface area contributed by atoms with Crippen molar-refractivity contribution in [1.29, 1.82) is 0 Å². The van der Waals surface area contributed by atoms with E-state index in [-0.39, 0.29) is 0 Å². The molecule has 0 amide bonds. The highest BCUT2D eigenvalue weighted by molar-refractivity contribution is 6.07. The first-order valence-corrected chi connectivity index (χ1v) is 10.9. The van der Waals surface area contributed by atoms with Gasteiger partial charge < -0.3 is 21.5 Å². The van der Waals surface area contributed by atoms with Gasteiger partial charge in [-0.15, -0.1) is 0 Å². The zero-order valence-corrected chi connectivity index (χ0v) is 19.1. The van der Waals surface area contributed by atoms with E-state index in [2.05, 4.69) is 40.0 Å². The summed E-state index contributed by atoms with van der Waals surface area (Å²) >= 11 is 0. The van der Waals surface area contributed by atoms with Crippen molar-refractivity contribution >= 4 is 28.6 Å². The number of aliphatic imine (C=N–C) groups is 1. The molecule has 0 heterocycles. The molecule has 8 heteroatoms. The fourth-order valence-corrected chi connectivity index (χ4v) is 3.29. The first-order chi connectivity index (χ1) is 16.3. The number of anilines is 3. The van der Waals surface area contributed by atoms with Gasteiger partial charge in [0.25, 0.3) is 0 Å². The van der Waals surface area contributed by atoms with Crippen LogP contribution in [0.1, 0.15) is 30.0 Å². The van der Waals surface area contributed by atoms with E-state index in [1.807, 2.05) is 48.5 Å². The van der Waals surface area contributed by atoms with Crippen LogP contribution in [0.25, 0.3) is 5.70 Å². The van der Waals surface area contributed by atoms with Crippen molar-refractivity contribution in [3.8, 4) is 0 Å². The van der Waals surface area contributed by atoms with Crippen LogP contribution in [0.15, 0.2) is 84.4 Å². The molecular formula is C26H28F3N5. The van der Waals surface area contributed by atoms with Gasteiger partial charge in [-0.1, -0.05) is 43.8 Å². The van der Waals surface area contributed by atoms with Crippen molar-refractivity contribution in [2.45, 2.75) is 19.5 Å². The lowest BCUT2D eigenvalue weighted by Gasteiger charge is -2.19. The third-order valence-corrected chi connectivity index (χ3v) is 5.05. The van der Waals surface area contributed by atoms with Crippen LogP contribution in [0.5, 0.6) is 0 Å². The fraction of sp³-hybridized carbons (Fsp3) is 0.192. The lowest BCUT2D eigenvalue weighted by atomic mass is 10.1. The third-order valence-electron chi connectivity index (χ3n) is 5.05. The molecule has 4 N–H and O–H groups in total. The Morgan fingerprint density at radius 2 is 1.47 bits per heavy atom. The predicted molar refractivity (Wildman–Crippen MR) is 135 cm³/mol. The first-order valence-electron chi connectivity index (χ1n) is 10.9. The second-order valence-electron chi connectivity index (χ2n) is 7.52. The smallest absolute Gasteiger partial charge is 0.385 e. The standard InChI is InChI=1S/C26H28F3N5/c1-4-17-31-23-11-7-5-9-21(23)18(2)32-25(30-3)22-10-6-8-12-24(22)34-33-20-15-13-19(14-16-20)26(27,28)29/h5-16,31,33-34H,2,4,17H2,1,3H3,(H,30,32). The van der Waals surface area contributed by atoms with E-state index in [9.17, 15) is 13.2 Å². The molecule has 3 aromatic carbocycles. The van der Waals surface area contributed by atoms with Crippen LogP contribution in [0.4, 0.5) is 30.2 Å². The summed E-state index contributed by atoms with van der Waals surface area (Å²) in [5.41, 5.74) is 9.86. The monoisotopic (exact) mass is 467 g/mol. The molecule has 0 aromatic heterocycles. The zero-order valence-electron chi connectivity index (χ0n) is 19.1. The number of rotatable bonds is 9. The SMILES string of the molecule is C=C(NC(=NC)c1ccccc1NNc1ccc(C(F)(F)F)cc1)c1ccccc1NCCC. The molecule has 0 atom stereocenters. The van der Waals surface area contributed by atoms with Gasteiger partial charge in [0.1, 0.15) is 5.84 Å². The largest absolute Gasteiger partial charge is 0.416 e. The van der Waals surface area contributed by atoms with E-state index in [1.54, 1.807) is 7.05 Å². The summed E-state index contributed by atoms with van der Waals surface area (Å²) in [5.74, 6) is 0.590. The van der Waals surface area contributed by atoms with Crippen LogP contribution < -0.4 is 21.5 Å². The summed E-state index contributed by atoms with van der Waals surface area (Å²) in [5, 5.41) is 6.71. The zero-order chi connectivity index (χ0) is 24.6. The van der Waals surface area contributed by atoms with E-state index in [4.69, 9.17) is 0 Å². The molecule has 0 aliphatic rings. The van der Waals surface area contributed by atoms with E-state index >= 15 is 0 Å². The molecule has 3 aromatic rings. The Kier molecular flexibility index (Phi) is 8.19. The Bertz CT molecular complexity index is 1140. The van der Waals surface area contributed by atoms with Crippen LogP contribution in [-0.2, 0) is 6.18 Å². The van der Waals surface area contributed by atoms with Gasteiger partial charge in [0, 0.05) is 36.1 Å². The Hall–Kier alpha value is -3.94. The van der Waals surface area contributed by atoms with E-state index < -0.39 is 11.7 Å². The van der Waals surface area contributed by atoms with Gasteiger partial charge in [0.15, 0.2) is 0 Å². The molecular weight excluding hydrogens is 439 g/mol. The number of nitrogens with one attached hydrogen (secondary N) is 4. The number of hydrogen-bond donors (Lipinski definition) is 4. The van der Waals surface area contributed by atoms with Gasteiger partial charge in [0.2, 0.25) is 0 Å². The van der Waals surface area contributed by atoms with Crippen molar-refractivity contribution in [2.75, 3.05) is 29.8 Å². The molecule has 3 rings (SSSR count). The Morgan fingerprint density at radius 3 is 2.09 bits per heavy atom. The van der Waals surface area contributed by atoms with Gasteiger partial charge in [-0.05, 0) is 48.9 Å². The van der Waals surface area contributed by atoms with Crippen molar-refractivity contribution in [1.82, 2.24) is 5.32 Å². The van der Waals surface area contributed by atoms with Crippen molar-refractivity contribution < 1.29 is 13.2 Å². The van der Waals surface area contributed by atoms with Gasteiger partial charge in [-0.2, -0.15) is 13.2 Å². The number of hydrogen-bond acceptors (Lipinski definition) is 4. The number of alkyl halides is 3. The van der Waals surface area contributed by atoms with Gasteiger partial charge >= 0.3 is 6.18 Å². The average Bonchev–Trinajstić information content (AvgIpc) is 2.84. The quantitative estimate of drug-likeness (QED) is 0.163. The lowest BCUT2D eigenvalue weighted by molar-refractivity contribution is -0.137. The summed E-state index contributed by atoms with van der Waals surface area (Å²) in [7, 11) is 1.68. The summed E-state index contributed by atoms with van der Waals surface area (Å²) < 4.78 is 38.4. The van der Waals surface area contributed by atoms with Crippen LogP contribution in [-0.4, -0.2) is 19.4 Å². The number of para-hydroxylation sites is 2. The molecule has 0 saturated heterocycles. The second-order valence-corrected chi connectivity index (χ2v) is 7.52. The van der Waals surface area contributed by atoms with Crippen LogP contribution in [0, 0.1) is 0 Å². The van der Waals surface area contributed by atoms with E-state index in [0.717, 1.165) is 41.9 Å². The van der Waals surface area contributed by atoms with Gasteiger partial charge in [0.05, 0.1) is 16.9 Å². The molecule has 34 heavy (non-hydrogen) atoms. The maximum Gasteiger partial charge on any atom is 0.416 e. The second kappa shape index (κ2) is 11.3. The maximum atomic E-state index is 12.8. The summed E-state index contributed by atoms with van der Waals surface area (Å²) in [6.07, 6.45) is -3.37. The molecule has 0 aliphatic heterocycles. The highest BCUT2D eigenvalue weighted by Gasteiger charge is 2.29. The minimum atomic E-state index is -4.37. The highest BCUT2D eigenvalue weighted by Crippen LogP contribution is 2.30. The molecule has 0 aliphatic carbocycles. The topological polar surface area (TPSA) is 60.5 Å². The molecule has 0 spiro atoms. The number of amidine groups is 1. The van der Waals surface area contributed by atoms with Crippen molar-refractivity contribution in [3.63, 3.8) is 0 Å². The average molecular weight is 468 g/mol. The molecule has 0 saturated carbocycles. The molecule has 5 nitrogen and oxygen atoms in total. The summed E-state index contributed by atoms with van der Waals surface area (Å²) in [6, 6.07) is 20.2. The fourth-order valence-electron chi connectivity index (χ4n) is 3.29. The van der Waals surface area contributed by atoms with Crippen molar-refractivity contribution in [2.24, 2.45) is 4.99 Å². The minimum absolute atomic E-state index is 0.492. The Labute approximate surface area is 197 Å². The summed E-state index contributed by atoms with van der Waals surface area (Å²) in [6.45, 7) is 7.15. The van der Waals surface area contributed by atoms with Crippen LogP contribution in [0.2, 0.25) is 0 Å². The molecule has 0 unspecified atom stereocenters. The van der Waals surface area contributed by atoms with Gasteiger partial charge in [-0.25, -0.2) is 0 Å². The number of halogens is 3. The predicted octanol–water partition coefficient (Wildman–Crippen LogP) is 6.60. The Morgan fingerprint density at radius 1 is 0.853 bits per heavy atom. The van der Waals surface area contributed by atoms with Crippen molar-refractivity contribution in [3.05, 3.63) is 96.1 Å². The molecule has 178 valence electrons. The van der Waals surface area contributed by atoms with Crippen LogP contribution in [0.3, 0.4) is 0 Å². The van der Waals surface area contributed by atoms with E-state index in [0.29, 0.717) is 22.9 Å². The maximum absolute atomic E-state index is 12.8. The normalized spacial score (nSPS) is 11.6. The number of nitrogens with zero attached hydrogens (tertiary/aromatic N) is 1. The van der Waals surface area contributed by atoms with Gasteiger partial charge in [-0.3, -0.25) is 4.99 Å². The first kappa shape index (κ1) is 24.7. The van der Waals surface area contributed by atoms with Crippen LogP contribution >= 0.6 is 0 Å². The molecule has 0 fully saturated rings. The van der Waals surface area contributed by atoms with E-state index in [1.165, 1.54) is 12.1 Å².